The molecule has 0 spiro atoms. The van der Waals surface area contributed by atoms with Crippen molar-refractivity contribution in [1.29, 1.82) is 0 Å². The van der Waals surface area contributed by atoms with E-state index < -0.39 is 11.7 Å². The second-order valence-electron chi connectivity index (χ2n) is 7.35. The van der Waals surface area contributed by atoms with Gasteiger partial charge in [-0.15, -0.1) is 0 Å². The van der Waals surface area contributed by atoms with Crippen molar-refractivity contribution in [3.8, 4) is 11.3 Å². The molecule has 0 amide bonds. The summed E-state index contributed by atoms with van der Waals surface area (Å²) in [6.45, 7) is 1.70. The van der Waals surface area contributed by atoms with E-state index >= 15 is 0 Å². The highest BCUT2D eigenvalue weighted by Gasteiger charge is 2.33. The van der Waals surface area contributed by atoms with Crippen molar-refractivity contribution < 1.29 is 17.6 Å². The molecule has 0 aliphatic carbocycles. The summed E-state index contributed by atoms with van der Waals surface area (Å²) < 4.78 is 55.8. The smallest absolute Gasteiger partial charge is 0.256 e. The van der Waals surface area contributed by atoms with Crippen LogP contribution in [0.5, 0.6) is 0 Å². The van der Waals surface area contributed by atoms with Crippen LogP contribution in [0.25, 0.3) is 43.6 Å². The minimum atomic E-state index is -4.49. The van der Waals surface area contributed by atoms with Crippen molar-refractivity contribution in [3.05, 3.63) is 89.9 Å². The molecule has 0 unspecified atom stereocenters. The van der Waals surface area contributed by atoms with Gasteiger partial charge in [-0.25, -0.2) is 4.39 Å². The van der Waals surface area contributed by atoms with E-state index in [-0.39, 0.29) is 11.2 Å². The van der Waals surface area contributed by atoms with Crippen LogP contribution in [0, 0.1) is 12.7 Å². The van der Waals surface area contributed by atoms with Crippen molar-refractivity contribution in [2.24, 2.45) is 0 Å². The molecule has 0 saturated carbocycles. The molecular formula is C25H15F4N. The summed E-state index contributed by atoms with van der Waals surface area (Å²) in [4.78, 5) is 4.39. The summed E-state index contributed by atoms with van der Waals surface area (Å²) in [5, 5.41) is 3.25. The van der Waals surface area contributed by atoms with Gasteiger partial charge in [0, 0.05) is 22.5 Å². The maximum atomic E-state index is 14.6. The summed E-state index contributed by atoms with van der Waals surface area (Å²) in [5.41, 5.74) is 0.655. The lowest BCUT2D eigenvalue weighted by Crippen LogP contribution is -2.06. The largest absolute Gasteiger partial charge is 0.417 e. The molecule has 5 heteroatoms. The molecule has 0 aliphatic rings. The Labute approximate surface area is 169 Å². The molecule has 30 heavy (non-hydrogen) atoms. The molecule has 0 fully saturated rings. The molecule has 4 aromatic carbocycles. The van der Waals surface area contributed by atoms with Gasteiger partial charge >= 0.3 is 6.18 Å². The third kappa shape index (κ3) is 2.81. The van der Waals surface area contributed by atoms with E-state index in [0.29, 0.717) is 38.4 Å². The monoisotopic (exact) mass is 405 g/mol. The van der Waals surface area contributed by atoms with E-state index in [1.807, 2.05) is 6.07 Å². The Morgan fingerprint density at radius 3 is 2.23 bits per heavy atom. The molecular weight excluding hydrogens is 390 g/mol. The number of hydrogen-bond donors (Lipinski definition) is 0. The Balaban J connectivity index is 1.85. The van der Waals surface area contributed by atoms with Crippen LogP contribution in [0.1, 0.15) is 11.1 Å². The molecule has 148 valence electrons. The van der Waals surface area contributed by atoms with Gasteiger partial charge < -0.3 is 0 Å². The first-order valence-electron chi connectivity index (χ1n) is 9.41. The molecule has 0 bridgehead atoms. The first-order chi connectivity index (χ1) is 14.3. The molecule has 1 heterocycles. The van der Waals surface area contributed by atoms with Crippen LogP contribution in [0.2, 0.25) is 0 Å². The summed E-state index contributed by atoms with van der Waals surface area (Å²) in [5.74, 6) is -0.294. The molecule has 1 nitrogen and oxygen atoms in total. The van der Waals surface area contributed by atoms with Gasteiger partial charge in [-0.3, -0.25) is 4.98 Å². The van der Waals surface area contributed by atoms with Gasteiger partial charge in [0.25, 0.3) is 0 Å². The number of benzene rings is 4. The van der Waals surface area contributed by atoms with Crippen LogP contribution in [-0.4, -0.2) is 4.98 Å². The summed E-state index contributed by atoms with van der Waals surface area (Å²) >= 11 is 0. The number of pyridine rings is 1. The van der Waals surface area contributed by atoms with Gasteiger partial charge in [0.2, 0.25) is 0 Å². The zero-order valence-corrected chi connectivity index (χ0v) is 15.9. The highest BCUT2D eigenvalue weighted by atomic mass is 19.4. The summed E-state index contributed by atoms with van der Waals surface area (Å²) in [7, 11) is 0. The van der Waals surface area contributed by atoms with Crippen LogP contribution in [0.3, 0.4) is 0 Å². The predicted octanol–water partition coefficient (Wildman–Crippen LogP) is 7.67. The number of rotatable bonds is 1. The molecule has 0 N–H and O–H groups in total. The summed E-state index contributed by atoms with van der Waals surface area (Å²) in [6, 6.07) is 18.0. The number of hydrogen-bond acceptors (Lipinski definition) is 1. The molecule has 1 aromatic heterocycles. The Kier molecular flexibility index (Phi) is 4.03. The number of aromatic nitrogens is 1. The fourth-order valence-corrected chi connectivity index (χ4v) is 4.06. The van der Waals surface area contributed by atoms with Crippen LogP contribution >= 0.6 is 0 Å². The normalized spacial score (nSPS) is 12.2. The highest BCUT2D eigenvalue weighted by Crippen LogP contribution is 2.40. The van der Waals surface area contributed by atoms with Gasteiger partial charge in [0.15, 0.2) is 0 Å². The number of alkyl halides is 3. The summed E-state index contributed by atoms with van der Waals surface area (Å²) in [6.07, 6.45) is -2.94. The van der Waals surface area contributed by atoms with Gasteiger partial charge in [0.1, 0.15) is 5.82 Å². The van der Waals surface area contributed by atoms with Crippen LogP contribution in [0.4, 0.5) is 17.6 Å². The number of halogens is 4. The second kappa shape index (κ2) is 6.52. The lowest BCUT2D eigenvalue weighted by atomic mass is 9.94. The lowest BCUT2D eigenvalue weighted by Gasteiger charge is -2.15. The van der Waals surface area contributed by atoms with E-state index in [9.17, 15) is 17.6 Å². The zero-order chi connectivity index (χ0) is 21.0. The molecule has 0 radical (unpaired) electrons. The SMILES string of the molecule is Cc1ccc2c(ccc3c(-c4cc(C(F)(F)F)c5ccccc5c4)nccc32)c1F. The van der Waals surface area contributed by atoms with E-state index in [4.69, 9.17) is 0 Å². The molecule has 0 atom stereocenters. The topological polar surface area (TPSA) is 12.9 Å². The highest BCUT2D eigenvalue weighted by molar-refractivity contribution is 6.11. The van der Waals surface area contributed by atoms with Gasteiger partial charge in [-0.2, -0.15) is 13.2 Å². The van der Waals surface area contributed by atoms with E-state index in [0.717, 1.165) is 11.5 Å². The van der Waals surface area contributed by atoms with Crippen molar-refractivity contribution in [2.75, 3.05) is 0 Å². The van der Waals surface area contributed by atoms with Gasteiger partial charge in [-0.1, -0.05) is 48.5 Å². The molecule has 0 saturated heterocycles. The Bertz CT molecular complexity index is 1450. The van der Waals surface area contributed by atoms with Crippen molar-refractivity contribution in [1.82, 2.24) is 4.98 Å². The lowest BCUT2D eigenvalue weighted by molar-refractivity contribution is -0.136. The minimum absolute atomic E-state index is 0.150. The number of aryl methyl sites for hydroxylation is 1. The maximum absolute atomic E-state index is 14.6. The Morgan fingerprint density at radius 1 is 0.733 bits per heavy atom. The average Bonchev–Trinajstić information content (AvgIpc) is 2.74. The number of fused-ring (bicyclic) bond motifs is 4. The average molecular weight is 405 g/mol. The van der Waals surface area contributed by atoms with Crippen LogP contribution in [0.15, 0.2) is 72.9 Å². The fourth-order valence-electron chi connectivity index (χ4n) is 4.06. The number of nitrogens with zero attached hydrogens (tertiary/aromatic N) is 1. The van der Waals surface area contributed by atoms with Crippen molar-refractivity contribution in [2.45, 2.75) is 13.1 Å². The first-order valence-corrected chi connectivity index (χ1v) is 9.41. The third-order valence-corrected chi connectivity index (χ3v) is 5.51. The predicted molar refractivity (Wildman–Crippen MR) is 112 cm³/mol. The van der Waals surface area contributed by atoms with Crippen molar-refractivity contribution >= 4 is 32.3 Å². The van der Waals surface area contributed by atoms with E-state index in [2.05, 4.69) is 4.98 Å². The standard InChI is InChI=1S/C25H15F4N/c1-14-6-7-18-19-10-11-30-24(21(19)9-8-20(18)23(14)26)16-12-15-4-2-3-5-17(15)22(13-16)25(27,28)29/h2-13H,1H3. The Hall–Kier alpha value is -3.47. The third-order valence-electron chi connectivity index (χ3n) is 5.51. The maximum Gasteiger partial charge on any atom is 0.417 e. The molecule has 5 aromatic rings. The van der Waals surface area contributed by atoms with Gasteiger partial charge in [-0.05, 0) is 52.2 Å². The van der Waals surface area contributed by atoms with Gasteiger partial charge in [0.05, 0.1) is 11.3 Å². The van der Waals surface area contributed by atoms with Crippen LogP contribution < -0.4 is 0 Å². The fraction of sp³-hybridized carbons (Fsp3) is 0.0800. The minimum Gasteiger partial charge on any atom is -0.256 e. The van der Waals surface area contributed by atoms with E-state index in [1.165, 1.54) is 6.07 Å². The zero-order valence-electron chi connectivity index (χ0n) is 15.9. The molecule has 5 rings (SSSR count). The van der Waals surface area contributed by atoms with Crippen LogP contribution in [-0.2, 0) is 6.18 Å². The molecule has 0 aliphatic heterocycles. The Morgan fingerprint density at radius 2 is 1.43 bits per heavy atom. The van der Waals surface area contributed by atoms with E-state index in [1.54, 1.807) is 61.7 Å². The van der Waals surface area contributed by atoms with Crippen molar-refractivity contribution in [3.63, 3.8) is 0 Å². The second-order valence-corrected chi connectivity index (χ2v) is 7.35. The quantitative estimate of drug-likeness (QED) is 0.206. The first kappa shape index (κ1) is 18.6.